The van der Waals surface area contributed by atoms with Gasteiger partial charge in [0.25, 0.3) is 0 Å². The zero-order valence-electron chi connectivity index (χ0n) is 30.1. The van der Waals surface area contributed by atoms with Crippen LogP contribution in [0.1, 0.15) is 113 Å². The average molecular weight is 802 g/mol. The molecular formula is C45H54HfSi. The van der Waals surface area contributed by atoms with Crippen LogP contribution in [0.15, 0.2) is 95.3 Å². The van der Waals surface area contributed by atoms with Crippen LogP contribution in [0.2, 0.25) is 22.0 Å². The molecule has 0 nitrogen and oxygen atoms in total. The van der Waals surface area contributed by atoms with Gasteiger partial charge < -0.3 is 0 Å². The Hall–Kier alpha value is -2.55. The van der Waals surface area contributed by atoms with E-state index in [1.165, 1.54) is 65.1 Å². The van der Waals surface area contributed by atoms with Crippen LogP contribution in [0.5, 0.6) is 0 Å². The van der Waals surface area contributed by atoms with Crippen molar-refractivity contribution < 1.29 is 20.0 Å². The Morgan fingerprint density at radius 1 is 0.596 bits per heavy atom. The summed E-state index contributed by atoms with van der Waals surface area (Å²) in [5.41, 5.74) is 14.9. The van der Waals surface area contributed by atoms with Gasteiger partial charge in [-0.2, -0.15) is 0 Å². The molecule has 1 heterocycles. The number of fused-ring (bicyclic) bond motifs is 6. The Kier molecular flexibility index (Phi) is 8.92. The number of benzene rings is 4. The Balaban J connectivity index is 1.38. The third-order valence-electron chi connectivity index (χ3n) is 12.2. The van der Waals surface area contributed by atoms with Crippen molar-refractivity contribution in [2.75, 3.05) is 0 Å². The molecule has 1 aliphatic heterocycles. The molecule has 242 valence electrons. The molecule has 0 bridgehead atoms. The van der Waals surface area contributed by atoms with Gasteiger partial charge in [0.2, 0.25) is 0 Å². The van der Waals surface area contributed by atoms with Gasteiger partial charge in [-0.1, -0.05) is 0 Å². The fourth-order valence-electron chi connectivity index (χ4n) is 9.49. The van der Waals surface area contributed by atoms with Crippen molar-refractivity contribution in [3.05, 3.63) is 129 Å². The molecule has 3 aliphatic rings. The molecule has 0 amide bonds. The summed E-state index contributed by atoms with van der Waals surface area (Å²) in [5.74, 6) is 1.11. The molecule has 0 radical (unpaired) electrons. The van der Waals surface area contributed by atoms with Crippen LogP contribution < -0.4 is 0 Å². The Morgan fingerprint density at radius 2 is 1.04 bits per heavy atom. The van der Waals surface area contributed by atoms with Gasteiger partial charge in [0.15, 0.2) is 0 Å². The SMILES string of the molecule is CCCCCC[Si]1(C)C2=Cc3c(-c4ccc(C(C)C)cc4)cccc3[CH]2[Hf]([CH3])([CH3])[CH]2C1=Cc1c(-c3ccc(C(C)C)cc3)cccc12. The first-order valence-corrected chi connectivity index (χ1v) is 32.5. The predicted octanol–water partition coefficient (Wildman–Crippen LogP) is 13.8. The van der Waals surface area contributed by atoms with E-state index in [-0.39, 0.29) is 0 Å². The molecular weight excluding hydrogens is 747 g/mol. The maximum absolute atomic E-state index is 3.07. The molecule has 7 rings (SSSR count). The first-order valence-electron chi connectivity index (χ1n) is 18.5. The van der Waals surface area contributed by atoms with E-state index in [9.17, 15) is 0 Å². The Labute approximate surface area is 290 Å². The van der Waals surface area contributed by atoms with Crippen molar-refractivity contribution in [2.24, 2.45) is 0 Å². The van der Waals surface area contributed by atoms with Gasteiger partial charge in [0.1, 0.15) is 0 Å². The summed E-state index contributed by atoms with van der Waals surface area (Å²) in [6, 6.07) is 34.9. The molecule has 0 spiro atoms. The molecule has 2 unspecified atom stereocenters. The zero-order valence-corrected chi connectivity index (χ0v) is 34.7. The van der Waals surface area contributed by atoms with Crippen LogP contribution in [-0.4, -0.2) is 8.07 Å². The molecule has 2 atom stereocenters. The van der Waals surface area contributed by atoms with Crippen molar-refractivity contribution in [1.82, 2.24) is 0 Å². The predicted molar refractivity (Wildman–Crippen MR) is 206 cm³/mol. The monoisotopic (exact) mass is 802 g/mol. The average Bonchev–Trinajstić information content (AvgIpc) is 3.68. The molecule has 1 saturated heterocycles. The summed E-state index contributed by atoms with van der Waals surface area (Å²) in [5, 5.41) is 3.78. The third kappa shape index (κ3) is 5.50. The number of hydrogen-bond donors (Lipinski definition) is 0. The molecule has 0 N–H and O–H groups in total. The van der Waals surface area contributed by atoms with Crippen molar-refractivity contribution in [2.45, 2.75) is 101 Å². The summed E-state index contributed by atoms with van der Waals surface area (Å²) < 4.78 is 6.98. The van der Waals surface area contributed by atoms with E-state index in [0.717, 1.165) is 0 Å². The summed E-state index contributed by atoms with van der Waals surface area (Å²) in [4.78, 5) is 0. The van der Waals surface area contributed by atoms with Crippen molar-refractivity contribution in [1.29, 1.82) is 0 Å². The number of hydrogen-bond acceptors (Lipinski definition) is 0. The molecule has 2 aliphatic carbocycles. The first-order chi connectivity index (χ1) is 22.6. The van der Waals surface area contributed by atoms with E-state index in [2.05, 4.69) is 148 Å². The normalized spacial score (nSPS) is 22.1. The van der Waals surface area contributed by atoms with Gasteiger partial charge in [-0.25, -0.2) is 0 Å². The molecule has 0 saturated carbocycles. The van der Waals surface area contributed by atoms with E-state index >= 15 is 0 Å². The Bertz CT molecular complexity index is 1720. The van der Waals surface area contributed by atoms with Crippen LogP contribution in [0.25, 0.3) is 34.4 Å². The van der Waals surface area contributed by atoms with Crippen LogP contribution in [-0.2, 0) is 20.0 Å². The number of rotatable bonds is 9. The molecule has 47 heavy (non-hydrogen) atoms. The van der Waals surface area contributed by atoms with E-state index in [0.29, 0.717) is 19.2 Å². The van der Waals surface area contributed by atoms with Crippen molar-refractivity contribution >= 4 is 20.2 Å². The van der Waals surface area contributed by atoms with Crippen LogP contribution in [0.3, 0.4) is 0 Å². The number of unbranched alkanes of at least 4 members (excludes halogenated alkanes) is 3. The van der Waals surface area contributed by atoms with Crippen LogP contribution in [0.4, 0.5) is 0 Å². The van der Waals surface area contributed by atoms with E-state index in [1.807, 2.05) is 10.4 Å². The molecule has 0 aromatic heterocycles. The summed E-state index contributed by atoms with van der Waals surface area (Å²) in [6.07, 6.45) is 10.9. The van der Waals surface area contributed by atoms with Gasteiger partial charge in [0.05, 0.1) is 0 Å². The number of allylic oxidation sites excluding steroid dienone is 2. The molecule has 1 fully saturated rings. The summed E-state index contributed by atoms with van der Waals surface area (Å²) in [6.45, 7) is 14.3. The van der Waals surface area contributed by atoms with E-state index in [4.69, 9.17) is 0 Å². The summed E-state index contributed by atoms with van der Waals surface area (Å²) >= 11 is -3.07. The fourth-order valence-corrected chi connectivity index (χ4v) is 41.9. The van der Waals surface area contributed by atoms with Gasteiger partial charge in [0, 0.05) is 0 Å². The van der Waals surface area contributed by atoms with Gasteiger partial charge in [-0.15, -0.1) is 0 Å². The van der Waals surface area contributed by atoms with Gasteiger partial charge >= 0.3 is 293 Å². The topological polar surface area (TPSA) is 0 Å². The quantitative estimate of drug-likeness (QED) is 0.117. The van der Waals surface area contributed by atoms with Crippen molar-refractivity contribution in [3.8, 4) is 22.3 Å². The third-order valence-corrected chi connectivity index (χ3v) is 34.2. The van der Waals surface area contributed by atoms with E-state index < -0.39 is 28.0 Å². The van der Waals surface area contributed by atoms with Gasteiger partial charge in [-0.05, 0) is 0 Å². The second-order valence-corrected chi connectivity index (χ2v) is 37.8. The maximum atomic E-state index is 2.81. The Morgan fingerprint density at radius 3 is 1.45 bits per heavy atom. The molecule has 2 heteroatoms. The summed E-state index contributed by atoms with van der Waals surface area (Å²) in [7, 11) is -1.95. The fraction of sp³-hybridized carbons (Fsp3) is 0.378. The van der Waals surface area contributed by atoms with Gasteiger partial charge in [-0.3, -0.25) is 0 Å². The van der Waals surface area contributed by atoms with E-state index in [1.54, 1.807) is 22.3 Å². The standard InChI is InChI=1S/C43H48Si.2CH3.Hf/c1-7-8-9-10-25-44(6,38-26-36-13-11-15-40(42(36)28-38)34-21-17-32(18-22-34)30(2)3)39-27-37-14-12-16-41(43(37)29-39)35-23-19-33(20-24-35)31(4)5;;;/h11-24,26-31H,7-10,25H2,1-6H3;2*1H3;. The second-order valence-electron chi connectivity index (χ2n) is 16.2. The molecule has 4 aromatic rings. The molecule has 4 aromatic carbocycles. The minimum absolute atomic E-state index is 0.556. The minimum atomic E-state index is -3.07. The van der Waals surface area contributed by atoms with Crippen LogP contribution >= 0.6 is 0 Å². The van der Waals surface area contributed by atoms with Crippen LogP contribution in [0, 0.1) is 0 Å². The first kappa shape index (κ1) is 33.0. The van der Waals surface area contributed by atoms with Crippen molar-refractivity contribution in [3.63, 3.8) is 0 Å². The zero-order chi connectivity index (χ0) is 33.1. The second kappa shape index (κ2) is 12.7.